The Kier molecular flexibility index (Phi) is 8.44. The molecule has 1 N–H and O–H groups in total. The summed E-state index contributed by atoms with van der Waals surface area (Å²) >= 11 is 3.30. The number of halogens is 1. The second kappa shape index (κ2) is 10.6. The van der Waals surface area contributed by atoms with Crippen molar-refractivity contribution in [3.05, 3.63) is 52.4 Å². The molecule has 0 aromatic carbocycles. The minimum atomic E-state index is -0.449. The van der Waals surface area contributed by atoms with Crippen LogP contribution < -0.4 is 5.32 Å². The van der Waals surface area contributed by atoms with Gasteiger partial charge in [-0.05, 0) is 92.7 Å². The molecule has 1 fully saturated rings. The average molecular weight is 463 g/mol. The van der Waals surface area contributed by atoms with Gasteiger partial charge in [0.05, 0.1) is 0 Å². The number of nitrogens with zero attached hydrogens (tertiary/aromatic N) is 3. The number of hydrogen-bond acceptors (Lipinski definition) is 5. The molecule has 1 saturated heterocycles. The summed E-state index contributed by atoms with van der Waals surface area (Å²) in [5, 5.41) is 3.41. The Morgan fingerprint density at radius 1 is 1.24 bits per heavy atom. The molecular formula is C22H31BrN4O2. The summed E-state index contributed by atoms with van der Waals surface area (Å²) in [6.07, 6.45) is 7.17. The molecule has 1 amide bonds. The predicted octanol–water partition coefficient (Wildman–Crippen LogP) is 5.35. The molecule has 0 saturated carbocycles. The van der Waals surface area contributed by atoms with Crippen molar-refractivity contribution in [1.82, 2.24) is 14.9 Å². The third-order valence-electron chi connectivity index (χ3n) is 4.18. The van der Waals surface area contributed by atoms with Crippen LogP contribution in [0.15, 0.2) is 41.3 Å². The monoisotopic (exact) mass is 462 g/mol. The molecule has 3 rings (SSSR count). The van der Waals surface area contributed by atoms with E-state index in [4.69, 9.17) is 4.74 Å². The van der Waals surface area contributed by atoms with Crippen LogP contribution in [0.1, 0.15) is 44.7 Å². The lowest BCUT2D eigenvalue weighted by molar-refractivity contribution is 0.0206. The van der Waals surface area contributed by atoms with Gasteiger partial charge < -0.3 is 15.0 Å². The third kappa shape index (κ3) is 8.81. The summed E-state index contributed by atoms with van der Waals surface area (Å²) in [7, 11) is 0. The maximum absolute atomic E-state index is 12.1. The quantitative estimate of drug-likeness (QED) is 0.650. The zero-order valence-electron chi connectivity index (χ0n) is 17.9. The molecular weight excluding hydrogens is 432 g/mol. The number of carbonyl (C=O) groups is 1. The summed E-state index contributed by atoms with van der Waals surface area (Å²) in [5.41, 5.74) is 1.90. The van der Waals surface area contributed by atoms with Crippen LogP contribution in [0.5, 0.6) is 0 Å². The molecule has 3 heterocycles. The maximum atomic E-state index is 12.1. The Labute approximate surface area is 182 Å². The molecule has 0 unspecified atom stereocenters. The number of hydrogen-bond donors (Lipinski definition) is 1. The van der Waals surface area contributed by atoms with Crippen molar-refractivity contribution in [2.24, 2.45) is 0 Å². The Hall–Kier alpha value is -2.15. The lowest BCUT2D eigenvalue weighted by Crippen LogP contribution is -2.47. The molecule has 1 aliphatic rings. The van der Waals surface area contributed by atoms with E-state index in [9.17, 15) is 4.79 Å². The summed E-state index contributed by atoms with van der Waals surface area (Å²) in [4.78, 5) is 22.2. The lowest BCUT2D eigenvalue weighted by atomic mass is 10.1. The van der Waals surface area contributed by atoms with Gasteiger partial charge in [0.1, 0.15) is 11.4 Å². The molecule has 6 nitrogen and oxygen atoms in total. The predicted molar refractivity (Wildman–Crippen MR) is 120 cm³/mol. The molecule has 2 aromatic heterocycles. The Morgan fingerprint density at radius 3 is 2.59 bits per heavy atom. The van der Waals surface area contributed by atoms with Crippen molar-refractivity contribution < 1.29 is 9.53 Å². The number of amides is 1. The number of ether oxygens (including phenoxy) is 1. The van der Waals surface area contributed by atoms with Gasteiger partial charge in [-0.3, -0.25) is 4.98 Å². The van der Waals surface area contributed by atoms with Gasteiger partial charge in [0.25, 0.3) is 0 Å². The highest BCUT2D eigenvalue weighted by Gasteiger charge is 2.27. The molecule has 7 heteroatoms. The van der Waals surface area contributed by atoms with E-state index < -0.39 is 5.60 Å². The normalized spacial score (nSPS) is 16.5. The maximum Gasteiger partial charge on any atom is 0.410 e. The van der Waals surface area contributed by atoms with E-state index >= 15 is 0 Å². The zero-order chi connectivity index (χ0) is 21.4. The van der Waals surface area contributed by atoms with E-state index in [1.165, 1.54) is 11.1 Å². The summed E-state index contributed by atoms with van der Waals surface area (Å²) in [6.45, 7) is 11.1. The largest absolute Gasteiger partial charge is 0.444 e. The fourth-order valence-corrected chi connectivity index (χ4v) is 3.41. The van der Waals surface area contributed by atoms with Crippen LogP contribution >= 0.6 is 15.9 Å². The van der Waals surface area contributed by atoms with Crippen LogP contribution in [0.25, 0.3) is 0 Å². The second-order valence-corrected chi connectivity index (χ2v) is 9.22. The fraction of sp³-hybridized carbons (Fsp3) is 0.500. The molecule has 1 aliphatic heterocycles. The molecule has 158 valence electrons. The molecule has 0 bridgehead atoms. The number of aromatic nitrogens is 2. The molecule has 1 atom stereocenters. The van der Waals surface area contributed by atoms with Crippen molar-refractivity contribution in [2.45, 2.75) is 59.1 Å². The molecule has 0 radical (unpaired) electrons. The Balaban J connectivity index is 0.000000313. The zero-order valence-corrected chi connectivity index (χ0v) is 19.5. The standard InChI is InChI=1S/C16H25N3O2.C6H6BrN/c1-12-7-8-17-14(10-12)18-13-6-5-9-19(11-13)15(20)21-16(2,3)4;1-5-2-6(7)4-8-3-5/h7-8,10,13H,5-6,9,11H2,1-4H3,(H,17,18);2-4H,1H3/t13-;/m1./s1. The first-order valence-electron chi connectivity index (χ1n) is 9.86. The number of nitrogens with one attached hydrogen (secondary N) is 1. The van der Waals surface area contributed by atoms with Gasteiger partial charge in [-0.1, -0.05) is 0 Å². The Bertz CT molecular complexity index is 790. The molecule has 2 aromatic rings. The van der Waals surface area contributed by atoms with Gasteiger partial charge in [-0.15, -0.1) is 0 Å². The van der Waals surface area contributed by atoms with Gasteiger partial charge in [-0.2, -0.15) is 0 Å². The van der Waals surface area contributed by atoms with Crippen molar-refractivity contribution >= 4 is 27.8 Å². The van der Waals surface area contributed by atoms with Crippen molar-refractivity contribution in [1.29, 1.82) is 0 Å². The van der Waals surface area contributed by atoms with Crippen LogP contribution in [0.2, 0.25) is 0 Å². The fourth-order valence-electron chi connectivity index (χ4n) is 2.93. The van der Waals surface area contributed by atoms with E-state index in [1.807, 2.05) is 59.0 Å². The number of carbonyl (C=O) groups excluding carboxylic acids is 1. The minimum Gasteiger partial charge on any atom is -0.444 e. The highest BCUT2D eigenvalue weighted by molar-refractivity contribution is 9.10. The number of pyridine rings is 2. The minimum absolute atomic E-state index is 0.223. The third-order valence-corrected chi connectivity index (χ3v) is 4.62. The highest BCUT2D eigenvalue weighted by Crippen LogP contribution is 2.18. The summed E-state index contributed by atoms with van der Waals surface area (Å²) in [6, 6.07) is 6.24. The van der Waals surface area contributed by atoms with Crippen LogP contribution in [0.4, 0.5) is 10.6 Å². The highest BCUT2D eigenvalue weighted by atomic mass is 79.9. The topological polar surface area (TPSA) is 67.4 Å². The number of aryl methyl sites for hydroxylation is 2. The first kappa shape index (κ1) is 23.1. The smallest absolute Gasteiger partial charge is 0.410 e. The number of likely N-dealkylation sites (tertiary alicyclic amines) is 1. The molecule has 29 heavy (non-hydrogen) atoms. The number of anilines is 1. The summed E-state index contributed by atoms with van der Waals surface area (Å²) in [5.74, 6) is 0.867. The van der Waals surface area contributed by atoms with Gasteiger partial charge in [-0.25, -0.2) is 9.78 Å². The van der Waals surface area contributed by atoms with Crippen LogP contribution in [-0.4, -0.2) is 45.7 Å². The average Bonchev–Trinajstić information content (AvgIpc) is 2.61. The number of rotatable bonds is 2. The van der Waals surface area contributed by atoms with Crippen molar-refractivity contribution in [3.8, 4) is 0 Å². The van der Waals surface area contributed by atoms with E-state index in [1.54, 1.807) is 17.3 Å². The molecule has 0 aliphatic carbocycles. The van der Waals surface area contributed by atoms with E-state index in [2.05, 4.69) is 31.2 Å². The van der Waals surface area contributed by atoms with Gasteiger partial charge in [0, 0.05) is 42.2 Å². The van der Waals surface area contributed by atoms with Crippen molar-refractivity contribution in [2.75, 3.05) is 18.4 Å². The first-order chi connectivity index (χ1) is 13.6. The van der Waals surface area contributed by atoms with Crippen LogP contribution in [-0.2, 0) is 4.74 Å². The van der Waals surface area contributed by atoms with Gasteiger partial charge >= 0.3 is 6.09 Å². The molecule has 0 spiro atoms. The van der Waals surface area contributed by atoms with Crippen LogP contribution in [0, 0.1) is 13.8 Å². The SMILES string of the molecule is Cc1ccnc(N[C@@H]2CCCN(C(=O)OC(C)(C)C)C2)c1.Cc1cncc(Br)c1. The van der Waals surface area contributed by atoms with E-state index in [0.717, 1.165) is 29.7 Å². The second-order valence-electron chi connectivity index (χ2n) is 8.31. The summed E-state index contributed by atoms with van der Waals surface area (Å²) < 4.78 is 6.48. The number of piperidine rings is 1. The van der Waals surface area contributed by atoms with Gasteiger partial charge in [0.15, 0.2) is 0 Å². The first-order valence-corrected chi connectivity index (χ1v) is 10.7. The van der Waals surface area contributed by atoms with E-state index in [0.29, 0.717) is 6.54 Å². The van der Waals surface area contributed by atoms with Gasteiger partial charge in [0.2, 0.25) is 0 Å². The van der Waals surface area contributed by atoms with Crippen LogP contribution in [0.3, 0.4) is 0 Å². The lowest BCUT2D eigenvalue weighted by Gasteiger charge is -2.34. The Morgan fingerprint density at radius 2 is 2.00 bits per heavy atom. The van der Waals surface area contributed by atoms with E-state index in [-0.39, 0.29) is 12.1 Å². The van der Waals surface area contributed by atoms with Crippen molar-refractivity contribution in [3.63, 3.8) is 0 Å².